The molecule has 8 heteroatoms. The van der Waals surface area contributed by atoms with Crippen LogP contribution in [-0.4, -0.2) is 42.5 Å². The standard InChI is InChI=1S/C24H26ClFN2O4/c1-31-19-3-4-20(26)16(13-19)14-24(8-6-22(29)27-24)9-7-23(30)28-10-11-32-21-5-2-18(25)12-17(21)15-28/h2-5,12-13H,6-11,14-15H2,1H3,(H,27,29)/t24-/m1/s1. The molecule has 1 saturated heterocycles. The van der Waals surface area contributed by atoms with Gasteiger partial charge in [0.15, 0.2) is 0 Å². The zero-order chi connectivity index (χ0) is 22.7. The molecule has 6 nitrogen and oxygen atoms in total. The number of rotatable bonds is 6. The second kappa shape index (κ2) is 9.36. The first kappa shape index (κ1) is 22.4. The number of halogens is 2. The lowest BCUT2D eigenvalue weighted by Crippen LogP contribution is -2.45. The van der Waals surface area contributed by atoms with E-state index in [-0.39, 0.29) is 24.1 Å². The van der Waals surface area contributed by atoms with Gasteiger partial charge in [0.1, 0.15) is 23.9 Å². The summed E-state index contributed by atoms with van der Waals surface area (Å²) in [6.45, 7) is 1.28. The lowest BCUT2D eigenvalue weighted by atomic mass is 9.84. The molecule has 0 aliphatic carbocycles. The van der Waals surface area contributed by atoms with Crippen molar-refractivity contribution >= 4 is 23.4 Å². The molecule has 2 aliphatic heterocycles. The van der Waals surface area contributed by atoms with Crippen molar-refractivity contribution in [2.75, 3.05) is 20.3 Å². The summed E-state index contributed by atoms with van der Waals surface area (Å²) in [5.74, 6) is 0.827. The maximum atomic E-state index is 14.5. The summed E-state index contributed by atoms with van der Waals surface area (Å²) < 4.78 is 25.4. The molecule has 0 radical (unpaired) electrons. The number of nitrogens with one attached hydrogen (secondary N) is 1. The molecule has 32 heavy (non-hydrogen) atoms. The molecule has 0 unspecified atom stereocenters. The quantitative estimate of drug-likeness (QED) is 0.710. The Bertz CT molecular complexity index is 1030. The van der Waals surface area contributed by atoms with Gasteiger partial charge in [-0.05, 0) is 61.2 Å². The van der Waals surface area contributed by atoms with Crippen molar-refractivity contribution in [3.8, 4) is 11.5 Å². The minimum atomic E-state index is -0.663. The summed E-state index contributed by atoms with van der Waals surface area (Å²) in [6.07, 6.45) is 1.88. The summed E-state index contributed by atoms with van der Waals surface area (Å²) >= 11 is 6.11. The van der Waals surface area contributed by atoms with Gasteiger partial charge in [-0.15, -0.1) is 0 Å². The van der Waals surface area contributed by atoms with E-state index in [0.717, 1.165) is 11.3 Å². The van der Waals surface area contributed by atoms with E-state index >= 15 is 0 Å². The van der Waals surface area contributed by atoms with E-state index in [2.05, 4.69) is 5.32 Å². The first-order valence-electron chi connectivity index (χ1n) is 10.7. The molecule has 2 aromatic rings. The zero-order valence-corrected chi connectivity index (χ0v) is 18.7. The first-order valence-corrected chi connectivity index (χ1v) is 11.1. The van der Waals surface area contributed by atoms with Crippen LogP contribution in [0.1, 0.15) is 36.8 Å². The molecule has 2 aliphatic rings. The van der Waals surface area contributed by atoms with E-state index in [0.29, 0.717) is 61.7 Å². The predicted molar refractivity (Wildman–Crippen MR) is 118 cm³/mol. The van der Waals surface area contributed by atoms with Crippen LogP contribution in [0.2, 0.25) is 5.02 Å². The molecule has 0 aromatic heterocycles. The predicted octanol–water partition coefficient (Wildman–Crippen LogP) is 3.88. The fourth-order valence-corrected chi connectivity index (χ4v) is 4.63. The number of fused-ring (bicyclic) bond motifs is 1. The van der Waals surface area contributed by atoms with Gasteiger partial charge in [-0.1, -0.05) is 11.6 Å². The van der Waals surface area contributed by atoms with Crippen LogP contribution in [0.5, 0.6) is 11.5 Å². The van der Waals surface area contributed by atoms with Gasteiger partial charge in [0.05, 0.1) is 13.7 Å². The normalized spacial score (nSPS) is 20.2. The fraction of sp³-hybridized carbons (Fsp3) is 0.417. The third-order valence-corrected chi connectivity index (χ3v) is 6.42. The third-order valence-electron chi connectivity index (χ3n) is 6.19. The molecule has 0 saturated carbocycles. The van der Waals surface area contributed by atoms with Gasteiger partial charge in [0, 0.05) is 35.5 Å². The Balaban J connectivity index is 1.47. The molecule has 0 bridgehead atoms. The SMILES string of the molecule is COc1ccc(F)c(C[C@]2(CCC(=O)N3CCOc4ccc(Cl)cc4C3)CCC(=O)N2)c1. The van der Waals surface area contributed by atoms with Crippen molar-refractivity contribution in [3.05, 3.63) is 58.4 Å². The Kier molecular flexibility index (Phi) is 6.55. The minimum absolute atomic E-state index is 0.0342. The second-order valence-corrected chi connectivity index (χ2v) is 8.81. The van der Waals surface area contributed by atoms with E-state index < -0.39 is 5.54 Å². The van der Waals surface area contributed by atoms with Gasteiger partial charge in [-0.2, -0.15) is 0 Å². The van der Waals surface area contributed by atoms with E-state index in [9.17, 15) is 14.0 Å². The summed E-state index contributed by atoms with van der Waals surface area (Å²) in [5.41, 5.74) is 0.667. The molecule has 4 rings (SSSR count). The lowest BCUT2D eigenvalue weighted by molar-refractivity contribution is -0.132. The van der Waals surface area contributed by atoms with Crippen LogP contribution < -0.4 is 14.8 Å². The van der Waals surface area contributed by atoms with E-state index in [1.54, 1.807) is 23.1 Å². The number of amides is 2. The Morgan fingerprint density at radius 3 is 2.91 bits per heavy atom. The Labute approximate surface area is 191 Å². The van der Waals surface area contributed by atoms with Gasteiger partial charge in [0.2, 0.25) is 11.8 Å². The van der Waals surface area contributed by atoms with E-state index in [1.165, 1.54) is 13.2 Å². The first-order chi connectivity index (χ1) is 15.4. The van der Waals surface area contributed by atoms with Crippen molar-refractivity contribution in [1.29, 1.82) is 0 Å². The average Bonchev–Trinajstić information content (AvgIpc) is 3.01. The Morgan fingerprint density at radius 2 is 2.16 bits per heavy atom. The summed E-state index contributed by atoms with van der Waals surface area (Å²) in [6, 6.07) is 9.97. The van der Waals surface area contributed by atoms with Crippen LogP contribution in [0, 0.1) is 5.82 Å². The number of hydrogen-bond acceptors (Lipinski definition) is 4. The molecule has 0 spiro atoms. The molecule has 2 heterocycles. The van der Waals surface area contributed by atoms with E-state index in [1.807, 2.05) is 12.1 Å². The highest BCUT2D eigenvalue weighted by atomic mass is 35.5. The molecule has 1 N–H and O–H groups in total. The fourth-order valence-electron chi connectivity index (χ4n) is 4.44. The van der Waals surface area contributed by atoms with Gasteiger partial charge < -0.3 is 19.7 Å². The zero-order valence-electron chi connectivity index (χ0n) is 18.0. The number of benzene rings is 2. The minimum Gasteiger partial charge on any atom is -0.497 e. The number of methoxy groups -OCH3 is 1. The second-order valence-electron chi connectivity index (χ2n) is 8.38. The van der Waals surface area contributed by atoms with Crippen LogP contribution >= 0.6 is 11.6 Å². The van der Waals surface area contributed by atoms with Crippen LogP contribution in [0.3, 0.4) is 0 Å². The summed E-state index contributed by atoms with van der Waals surface area (Å²) in [4.78, 5) is 26.9. The van der Waals surface area contributed by atoms with Gasteiger partial charge >= 0.3 is 0 Å². The van der Waals surface area contributed by atoms with Crippen molar-refractivity contribution in [1.82, 2.24) is 10.2 Å². The smallest absolute Gasteiger partial charge is 0.223 e. The molecule has 1 atom stereocenters. The molecule has 1 fully saturated rings. The Hall–Kier alpha value is -2.80. The van der Waals surface area contributed by atoms with Gasteiger partial charge in [-0.25, -0.2) is 4.39 Å². The Morgan fingerprint density at radius 1 is 1.31 bits per heavy atom. The van der Waals surface area contributed by atoms with Gasteiger partial charge in [0.25, 0.3) is 0 Å². The molecular formula is C24H26ClFN2O4. The largest absolute Gasteiger partial charge is 0.497 e. The number of nitrogens with zero attached hydrogens (tertiary/aromatic N) is 1. The van der Waals surface area contributed by atoms with E-state index in [4.69, 9.17) is 21.1 Å². The average molecular weight is 461 g/mol. The topological polar surface area (TPSA) is 67.9 Å². The van der Waals surface area contributed by atoms with Gasteiger partial charge in [-0.3, -0.25) is 9.59 Å². The number of hydrogen-bond donors (Lipinski definition) is 1. The highest BCUT2D eigenvalue weighted by molar-refractivity contribution is 6.30. The summed E-state index contributed by atoms with van der Waals surface area (Å²) in [5, 5.41) is 3.61. The van der Waals surface area contributed by atoms with Crippen LogP contribution in [0.4, 0.5) is 4.39 Å². The maximum Gasteiger partial charge on any atom is 0.223 e. The van der Waals surface area contributed by atoms with Crippen molar-refractivity contribution < 1.29 is 23.5 Å². The molecular weight excluding hydrogens is 435 g/mol. The highest BCUT2D eigenvalue weighted by Crippen LogP contribution is 2.32. The van der Waals surface area contributed by atoms with Crippen LogP contribution in [0.25, 0.3) is 0 Å². The molecule has 2 aromatic carbocycles. The number of carbonyl (C=O) groups excluding carboxylic acids is 2. The van der Waals surface area contributed by atoms with Crippen molar-refractivity contribution in [2.45, 2.75) is 44.2 Å². The molecule has 2 amide bonds. The number of ether oxygens (including phenoxy) is 2. The van der Waals surface area contributed by atoms with Crippen LogP contribution in [-0.2, 0) is 22.6 Å². The highest BCUT2D eigenvalue weighted by Gasteiger charge is 2.39. The monoisotopic (exact) mass is 460 g/mol. The third kappa shape index (κ3) is 4.99. The lowest BCUT2D eigenvalue weighted by Gasteiger charge is -2.30. The van der Waals surface area contributed by atoms with Crippen LogP contribution in [0.15, 0.2) is 36.4 Å². The van der Waals surface area contributed by atoms with Crippen molar-refractivity contribution in [3.63, 3.8) is 0 Å². The maximum absolute atomic E-state index is 14.5. The molecule has 170 valence electrons. The summed E-state index contributed by atoms with van der Waals surface area (Å²) in [7, 11) is 1.53. The van der Waals surface area contributed by atoms with Crippen molar-refractivity contribution in [2.24, 2.45) is 0 Å². The number of carbonyl (C=O) groups is 2.